The van der Waals surface area contributed by atoms with Gasteiger partial charge in [-0.15, -0.1) is 0 Å². The summed E-state index contributed by atoms with van der Waals surface area (Å²) < 4.78 is 36.7. The molecule has 1 aromatic carbocycles. The van der Waals surface area contributed by atoms with Gasteiger partial charge < -0.3 is 5.32 Å². The van der Waals surface area contributed by atoms with Crippen molar-refractivity contribution in [2.75, 3.05) is 6.26 Å². The fourth-order valence-electron chi connectivity index (χ4n) is 2.02. The van der Waals surface area contributed by atoms with E-state index in [1.807, 2.05) is 6.92 Å². The van der Waals surface area contributed by atoms with Crippen molar-refractivity contribution >= 4 is 21.4 Å². The van der Waals surface area contributed by atoms with Gasteiger partial charge in [0, 0.05) is 31.2 Å². The van der Waals surface area contributed by atoms with Crippen LogP contribution in [0, 0.1) is 5.82 Å². The summed E-state index contributed by atoms with van der Waals surface area (Å²) in [6, 6.07) is 5.77. The number of benzene rings is 1. The number of hydrogen-bond donors (Lipinski definition) is 1. The highest BCUT2D eigenvalue weighted by Crippen LogP contribution is 2.21. The van der Waals surface area contributed by atoms with Crippen LogP contribution in [-0.2, 0) is 16.4 Å². The molecule has 1 heterocycles. The number of rotatable bonds is 5. The van der Waals surface area contributed by atoms with E-state index in [9.17, 15) is 12.8 Å². The van der Waals surface area contributed by atoms with Gasteiger partial charge in [-0.25, -0.2) is 12.8 Å². The third kappa shape index (κ3) is 4.03. The second kappa shape index (κ2) is 6.73. The molecule has 0 unspecified atom stereocenters. The minimum absolute atomic E-state index is 0.160. The zero-order valence-corrected chi connectivity index (χ0v) is 13.7. The van der Waals surface area contributed by atoms with Crippen LogP contribution in [0.1, 0.15) is 24.1 Å². The number of pyridine rings is 1. The van der Waals surface area contributed by atoms with Gasteiger partial charge in [-0.2, -0.15) is 0 Å². The number of nitrogens with zero attached hydrogens (tertiary/aromatic N) is 1. The van der Waals surface area contributed by atoms with Crippen LogP contribution in [0.4, 0.5) is 4.39 Å². The fraction of sp³-hybridized carbons (Fsp3) is 0.267. The smallest absolute Gasteiger partial charge is 0.178 e. The first-order valence-corrected chi connectivity index (χ1v) is 8.87. The maximum atomic E-state index is 13.9. The van der Waals surface area contributed by atoms with E-state index in [0.717, 1.165) is 11.8 Å². The highest BCUT2D eigenvalue weighted by atomic mass is 35.5. The summed E-state index contributed by atoms with van der Waals surface area (Å²) in [5.41, 5.74) is 1.55. The minimum atomic E-state index is -3.56. The molecule has 7 heteroatoms. The van der Waals surface area contributed by atoms with Crippen molar-refractivity contribution in [3.63, 3.8) is 0 Å². The van der Waals surface area contributed by atoms with E-state index in [1.54, 1.807) is 24.5 Å². The predicted octanol–water partition coefficient (Wildman–Crippen LogP) is 3.13. The van der Waals surface area contributed by atoms with Gasteiger partial charge >= 0.3 is 0 Å². The maximum Gasteiger partial charge on any atom is 0.178 e. The minimum Gasteiger partial charge on any atom is -0.306 e. The Bertz CT molecular complexity index is 781. The van der Waals surface area contributed by atoms with Crippen LogP contribution in [0.3, 0.4) is 0 Å². The van der Waals surface area contributed by atoms with Crippen LogP contribution in [0.5, 0.6) is 0 Å². The van der Waals surface area contributed by atoms with Crippen LogP contribution in [0.2, 0.25) is 5.02 Å². The lowest BCUT2D eigenvalue weighted by atomic mass is 10.1. The van der Waals surface area contributed by atoms with Gasteiger partial charge in [0.05, 0.1) is 5.02 Å². The normalized spacial score (nSPS) is 13.1. The van der Waals surface area contributed by atoms with Crippen molar-refractivity contribution in [3.05, 3.63) is 58.6 Å². The molecular formula is C15H16ClFN2O2S. The summed E-state index contributed by atoms with van der Waals surface area (Å²) >= 11 is 6.02. The zero-order valence-electron chi connectivity index (χ0n) is 12.2. The van der Waals surface area contributed by atoms with Crippen LogP contribution >= 0.6 is 11.6 Å². The molecule has 0 aliphatic carbocycles. The third-order valence-electron chi connectivity index (χ3n) is 3.31. The summed E-state index contributed by atoms with van der Waals surface area (Å²) in [4.78, 5) is 3.62. The molecule has 0 saturated heterocycles. The predicted molar refractivity (Wildman–Crippen MR) is 84.0 cm³/mol. The Morgan fingerprint density at radius 2 is 2.09 bits per heavy atom. The Kier molecular flexibility index (Phi) is 5.16. The molecule has 1 atom stereocenters. The third-order valence-corrected chi connectivity index (χ3v) is 4.78. The first-order valence-electron chi connectivity index (χ1n) is 6.60. The van der Waals surface area contributed by atoms with E-state index in [0.29, 0.717) is 17.1 Å². The zero-order chi connectivity index (χ0) is 16.3. The van der Waals surface area contributed by atoms with Crippen molar-refractivity contribution in [1.29, 1.82) is 0 Å². The molecule has 0 aliphatic heterocycles. The van der Waals surface area contributed by atoms with E-state index in [1.165, 1.54) is 12.1 Å². The maximum absolute atomic E-state index is 13.9. The van der Waals surface area contributed by atoms with Gasteiger partial charge in [0.25, 0.3) is 0 Å². The Labute approximate surface area is 134 Å². The highest BCUT2D eigenvalue weighted by molar-refractivity contribution is 7.90. The molecule has 0 radical (unpaired) electrons. The van der Waals surface area contributed by atoms with Gasteiger partial charge in [-0.05, 0) is 36.2 Å². The van der Waals surface area contributed by atoms with E-state index in [4.69, 9.17) is 11.6 Å². The SMILES string of the molecule is C[C@H](NCc1ccncc1Cl)c1ccc(S(C)(=O)=O)c(F)c1. The van der Waals surface area contributed by atoms with Crippen LogP contribution in [-0.4, -0.2) is 19.7 Å². The number of aromatic nitrogens is 1. The summed E-state index contributed by atoms with van der Waals surface area (Å²) in [6.07, 6.45) is 4.19. The summed E-state index contributed by atoms with van der Waals surface area (Å²) in [5, 5.41) is 3.77. The van der Waals surface area contributed by atoms with Gasteiger partial charge in [0.15, 0.2) is 9.84 Å². The molecule has 1 aromatic heterocycles. The molecule has 2 aromatic rings. The van der Waals surface area contributed by atoms with E-state index < -0.39 is 15.7 Å². The number of nitrogens with one attached hydrogen (secondary N) is 1. The van der Waals surface area contributed by atoms with E-state index in [2.05, 4.69) is 10.3 Å². The average molecular weight is 343 g/mol. The van der Waals surface area contributed by atoms with Crippen molar-refractivity contribution in [2.45, 2.75) is 24.4 Å². The molecule has 4 nitrogen and oxygen atoms in total. The average Bonchev–Trinajstić information content (AvgIpc) is 2.44. The first-order chi connectivity index (χ1) is 10.3. The van der Waals surface area contributed by atoms with Gasteiger partial charge in [-0.1, -0.05) is 17.7 Å². The number of sulfone groups is 1. The van der Waals surface area contributed by atoms with Crippen molar-refractivity contribution in [1.82, 2.24) is 10.3 Å². The Morgan fingerprint density at radius 1 is 1.36 bits per heavy atom. The largest absolute Gasteiger partial charge is 0.306 e. The van der Waals surface area contributed by atoms with Crippen molar-refractivity contribution in [2.24, 2.45) is 0 Å². The molecule has 22 heavy (non-hydrogen) atoms. The van der Waals surface area contributed by atoms with Gasteiger partial charge in [-0.3, -0.25) is 4.98 Å². The molecule has 0 fully saturated rings. The molecule has 0 saturated carbocycles. The van der Waals surface area contributed by atoms with Crippen LogP contribution in [0.25, 0.3) is 0 Å². The lowest BCUT2D eigenvalue weighted by molar-refractivity contribution is 0.550. The lowest BCUT2D eigenvalue weighted by Gasteiger charge is -2.15. The molecule has 1 N–H and O–H groups in total. The number of halogens is 2. The second-order valence-corrected chi connectivity index (χ2v) is 7.42. The van der Waals surface area contributed by atoms with Crippen molar-refractivity contribution < 1.29 is 12.8 Å². The van der Waals surface area contributed by atoms with Crippen molar-refractivity contribution in [3.8, 4) is 0 Å². The molecular weight excluding hydrogens is 327 g/mol. The highest BCUT2D eigenvalue weighted by Gasteiger charge is 2.15. The first kappa shape index (κ1) is 16.9. The molecule has 0 bridgehead atoms. The molecule has 0 amide bonds. The van der Waals surface area contributed by atoms with E-state index in [-0.39, 0.29) is 10.9 Å². The van der Waals surface area contributed by atoms with Gasteiger partial charge in [0.2, 0.25) is 0 Å². The number of hydrogen-bond acceptors (Lipinski definition) is 4. The molecule has 118 valence electrons. The summed E-state index contributed by atoms with van der Waals surface area (Å²) in [5.74, 6) is -0.740. The molecule has 0 spiro atoms. The topological polar surface area (TPSA) is 59.1 Å². The Morgan fingerprint density at radius 3 is 2.68 bits per heavy atom. The van der Waals surface area contributed by atoms with E-state index >= 15 is 0 Å². The molecule has 2 rings (SSSR count). The summed E-state index contributed by atoms with van der Waals surface area (Å²) in [7, 11) is -3.56. The van der Waals surface area contributed by atoms with Crippen LogP contribution in [0.15, 0.2) is 41.6 Å². The van der Waals surface area contributed by atoms with Crippen LogP contribution < -0.4 is 5.32 Å². The van der Waals surface area contributed by atoms with Gasteiger partial charge in [0.1, 0.15) is 10.7 Å². The monoisotopic (exact) mass is 342 g/mol. The molecule has 0 aliphatic rings. The standard InChI is InChI=1S/C15H16ClFN2O2S/c1-10(19-8-12-5-6-18-9-13(12)16)11-3-4-15(14(17)7-11)22(2,20)21/h3-7,9-10,19H,8H2,1-2H3/t10-/m0/s1. The Hall–Kier alpha value is -1.50. The summed E-state index contributed by atoms with van der Waals surface area (Å²) in [6.45, 7) is 2.36. The second-order valence-electron chi connectivity index (χ2n) is 5.03. The quantitative estimate of drug-likeness (QED) is 0.907. The Balaban J connectivity index is 2.12. The fourth-order valence-corrected chi connectivity index (χ4v) is 2.93. The lowest BCUT2D eigenvalue weighted by Crippen LogP contribution is -2.18.